The van der Waals surface area contributed by atoms with E-state index in [0.29, 0.717) is 23.0 Å². The summed E-state index contributed by atoms with van der Waals surface area (Å²) in [7, 11) is 0. The Hall–Kier alpha value is -3.95. The van der Waals surface area contributed by atoms with Crippen LogP contribution in [0.1, 0.15) is 52.7 Å². The van der Waals surface area contributed by atoms with Crippen molar-refractivity contribution in [2.24, 2.45) is 0 Å². The molecular weight excluding hydrogens is 701 g/mol. The maximum absolute atomic E-state index is 10.5. The van der Waals surface area contributed by atoms with E-state index in [0.717, 1.165) is 33.2 Å². The molecule has 0 bridgehead atoms. The number of para-hydroxylation sites is 2. The fourth-order valence-corrected chi connectivity index (χ4v) is 5.10. The van der Waals surface area contributed by atoms with Gasteiger partial charge in [0.25, 0.3) is 0 Å². The predicted octanol–water partition coefficient (Wildman–Crippen LogP) is 9.13. The standard InChI is InChI=1S/C36H34N3O2.Pt/c1-35(2,3)23-12-11-13-25(20-23)39-30-16-9-7-14-26(30)27-18-19-32(38-34(27)39)41-33-22-24(36(4,5)6)21-29(37-33)28-15-8-10-17-31(28)40;/h7-12,14-22,40H,1-6H3;/q-1;. The van der Waals surface area contributed by atoms with Crippen molar-refractivity contribution >= 4 is 21.9 Å². The van der Waals surface area contributed by atoms with Crippen LogP contribution in [0.2, 0.25) is 0 Å². The van der Waals surface area contributed by atoms with Crippen LogP contribution in [0.3, 0.4) is 0 Å². The van der Waals surface area contributed by atoms with E-state index in [1.807, 2.05) is 48.5 Å². The van der Waals surface area contributed by atoms with Gasteiger partial charge < -0.3 is 14.4 Å². The zero-order valence-electron chi connectivity index (χ0n) is 24.7. The molecule has 0 saturated heterocycles. The smallest absolute Gasteiger partial charge is 0.223 e. The fourth-order valence-electron chi connectivity index (χ4n) is 5.10. The van der Waals surface area contributed by atoms with Crippen LogP contribution in [0.15, 0.2) is 91.0 Å². The number of pyridine rings is 2. The third-order valence-electron chi connectivity index (χ3n) is 7.45. The van der Waals surface area contributed by atoms with Crippen molar-refractivity contribution in [3.8, 4) is 34.5 Å². The summed E-state index contributed by atoms with van der Waals surface area (Å²) in [6, 6.07) is 33.2. The topological polar surface area (TPSA) is 60.2 Å². The van der Waals surface area contributed by atoms with Gasteiger partial charge in [-0.25, -0.2) is 4.98 Å². The van der Waals surface area contributed by atoms with Gasteiger partial charge >= 0.3 is 0 Å². The summed E-state index contributed by atoms with van der Waals surface area (Å²) in [6.07, 6.45) is 0. The monoisotopic (exact) mass is 735 g/mol. The molecule has 0 aliphatic rings. The van der Waals surface area contributed by atoms with Crippen LogP contribution >= 0.6 is 0 Å². The van der Waals surface area contributed by atoms with E-state index in [9.17, 15) is 5.11 Å². The summed E-state index contributed by atoms with van der Waals surface area (Å²) in [4.78, 5) is 9.80. The molecular formula is C36H34N3O2Pt-. The van der Waals surface area contributed by atoms with E-state index in [1.54, 1.807) is 12.1 Å². The van der Waals surface area contributed by atoms with Crippen molar-refractivity contribution in [3.05, 3.63) is 108 Å². The quantitative estimate of drug-likeness (QED) is 0.184. The molecule has 0 saturated carbocycles. The Morgan fingerprint density at radius 3 is 2.17 bits per heavy atom. The van der Waals surface area contributed by atoms with E-state index in [4.69, 9.17) is 14.7 Å². The molecule has 0 fully saturated rings. The zero-order chi connectivity index (χ0) is 28.9. The summed E-state index contributed by atoms with van der Waals surface area (Å²) in [6.45, 7) is 13.1. The molecule has 0 atom stereocenters. The number of phenols is 1. The number of hydrogen-bond acceptors (Lipinski definition) is 4. The third kappa shape index (κ3) is 5.58. The number of benzene rings is 3. The van der Waals surface area contributed by atoms with Crippen LogP contribution in [0.5, 0.6) is 17.5 Å². The van der Waals surface area contributed by atoms with Gasteiger partial charge in [-0.2, -0.15) is 28.7 Å². The second-order valence-corrected chi connectivity index (χ2v) is 12.5. The molecule has 0 aliphatic heterocycles. The number of fused-ring (bicyclic) bond motifs is 3. The maximum atomic E-state index is 10.5. The van der Waals surface area contributed by atoms with Crippen molar-refractivity contribution in [2.45, 2.75) is 52.4 Å². The van der Waals surface area contributed by atoms with E-state index in [1.165, 1.54) is 5.56 Å². The van der Waals surface area contributed by atoms with Crippen LogP contribution in [-0.2, 0) is 31.9 Å². The molecule has 5 nitrogen and oxygen atoms in total. The minimum Gasteiger partial charge on any atom is -0.507 e. The van der Waals surface area contributed by atoms with E-state index in [2.05, 4.69) is 82.5 Å². The van der Waals surface area contributed by atoms with Gasteiger partial charge in [0, 0.05) is 49.5 Å². The SMILES string of the molecule is CC(C)(C)c1cc[c-]c(-n2c3ccccc3c3ccc(Oc4cc(C(C)(C)C)cc(-c5ccccc5O)n4)nc32)c1.[Pt]. The number of rotatable bonds is 4. The Balaban J connectivity index is 0.00000353. The van der Waals surface area contributed by atoms with Crippen LogP contribution in [0, 0.1) is 6.07 Å². The number of nitrogens with zero attached hydrogens (tertiary/aromatic N) is 3. The first-order valence-electron chi connectivity index (χ1n) is 13.9. The van der Waals surface area contributed by atoms with Crippen molar-refractivity contribution < 1.29 is 30.9 Å². The Morgan fingerprint density at radius 1 is 0.714 bits per heavy atom. The summed E-state index contributed by atoms with van der Waals surface area (Å²) >= 11 is 0. The first kappa shape index (κ1) is 29.5. The van der Waals surface area contributed by atoms with Gasteiger partial charge in [-0.1, -0.05) is 77.6 Å². The first-order valence-corrected chi connectivity index (χ1v) is 13.9. The second kappa shape index (κ2) is 11.0. The Bertz CT molecular complexity index is 1910. The molecule has 0 amide bonds. The number of phenolic OH excluding ortho intramolecular Hbond substituents is 1. The van der Waals surface area contributed by atoms with Gasteiger partial charge in [0.2, 0.25) is 11.8 Å². The molecule has 3 heterocycles. The van der Waals surface area contributed by atoms with Gasteiger partial charge in [-0.15, -0.1) is 6.07 Å². The average molecular weight is 736 g/mol. The van der Waals surface area contributed by atoms with Crippen LogP contribution in [0.25, 0.3) is 38.9 Å². The Morgan fingerprint density at radius 2 is 1.43 bits per heavy atom. The van der Waals surface area contributed by atoms with E-state index in [-0.39, 0.29) is 37.6 Å². The normalized spacial score (nSPS) is 12.0. The van der Waals surface area contributed by atoms with Gasteiger partial charge in [0.15, 0.2) is 0 Å². The molecule has 0 aliphatic carbocycles. The zero-order valence-corrected chi connectivity index (χ0v) is 26.9. The molecule has 1 N–H and O–H groups in total. The summed E-state index contributed by atoms with van der Waals surface area (Å²) < 4.78 is 8.51. The van der Waals surface area contributed by atoms with Crippen LogP contribution in [-0.4, -0.2) is 19.6 Å². The third-order valence-corrected chi connectivity index (χ3v) is 7.45. The Labute approximate surface area is 261 Å². The van der Waals surface area contributed by atoms with E-state index < -0.39 is 0 Å². The minimum absolute atomic E-state index is 0. The van der Waals surface area contributed by atoms with Crippen molar-refractivity contribution in [1.82, 2.24) is 14.5 Å². The fraction of sp³-hybridized carbons (Fsp3) is 0.222. The molecule has 6 aromatic rings. The Kier molecular flexibility index (Phi) is 7.76. The average Bonchev–Trinajstić information content (AvgIpc) is 3.26. The van der Waals surface area contributed by atoms with Crippen molar-refractivity contribution in [3.63, 3.8) is 0 Å². The summed E-state index contributed by atoms with van der Waals surface area (Å²) in [5.41, 5.74) is 6.20. The molecule has 6 rings (SSSR count). The molecule has 6 heteroatoms. The minimum atomic E-state index is -0.155. The van der Waals surface area contributed by atoms with Gasteiger partial charge in [0.05, 0.1) is 11.2 Å². The van der Waals surface area contributed by atoms with Crippen LogP contribution < -0.4 is 4.74 Å². The largest absolute Gasteiger partial charge is 0.507 e. The van der Waals surface area contributed by atoms with Crippen molar-refractivity contribution in [2.75, 3.05) is 0 Å². The van der Waals surface area contributed by atoms with Gasteiger partial charge in [0.1, 0.15) is 11.4 Å². The number of hydrogen-bond donors (Lipinski definition) is 1. The number of aromatic hydroxyl groups is 1. The second-order valence-electron chi connectivity index (χ2n) is 12.5. The molecule has 42 heavy (non-hydrogen) atoms. The molecule has 3 aromatic carbocycles. The molecule has 0 spiro atoms. The molecule has 0 unspecified atom stereocenters. The molecule has 216 valence electrons. The predicted molar refractivity (Wildman–Crippen MR) is 166 cm³/mol. The maximum Gasteiger partial charge on any atom is 0.223 e. The van der Waals surface area contributed by atoms with Gasteiger partial charge in [-0.05, 0) is 46.7 Å². The molecule has 0 radical (unpaired) electrons. The molecule has 3 aromatic heterocycles. The summed E-state index contributed by atoms with van der Waals surface area (Å²) in [5, 5.41) is 12.7. The van der Waals surface area contributed by atoms with Gasteiger partial charge in [-0.3, -0.25) is 0 Å². The van der Waals surface area contributed by atoms with Crippen molar-refractivity contribution in [1.29, 1.82) is 0 Å². The number of aromatic nitrogens is 3. The summed E-state index contributed by atoms with van der Waals surface area (Å²) in [5.74, 6) is 1.04. The number of ether oxygens (including phenoxy) is 1. The van der Waals surface area contributed by atoms with E-state index >= 15 is 0 Å². The van der Waals surface area contributed by atoms with Crippen LogP contribution in [0.4, 0.5) is 0 Å². The first-order chi connectivity index (χ1) is 19.5.